The fourth-order valence-electron chi connectivity index (χ4n) is 3.12. The number of aryl methyl sites for hydroxylation is 1. The van der Waals surface area contributed by atoms with E-state index < -0.39 is 0 Å². The SMILES string of the molecule is Cc1ccccc1N(C)C(=O)C(C)(C)C1CCCNC1. The van der Waals surface area contributed by atoms with Gasteiger partial charge in [-0.15, -0.1) is 0 Å². The quantitative estimate of drug-likeness (QED) is 0.919. The molecule has 3 nitrogen and oxygen atoms in total. The average Bonchev–Trinajstić information content (AvgIpc) is 2.47. The van der Waals surface area contributed by atoms with Gasteiger partial charge in [0.25, 0.3) is 0 Å². The highest BCUT2D eigenvalue weighted by molar-refractivity contribution is 5.97. The van der Waals surface area contributed by atoms with Crippen LogP contribution < -0.4 is 10.2 Å². The second-order valence-electron chi connectivity index (χ2n) is 6.42. The molecule has 1 atom stereocenters. The van der Waals surface area contributed by atoms with E-state index in [2.05, 4.69) is 19.2 Å². The molecule has 3 heteroatoms. The van der Waals surface area contributed by atoms with Crippen LogP contribution in [0.25, 0.3) is 0 Å². The number of carbonyl (C=O) groups excluding carboxylic acids is 1. The number of rotatable bonds is 3. The predicted molar refractivity (Wildman–Crippen MR) is 84.0 cm³/mol. The van der Waals surface area contributed by atoms with Crippen LogP contribution in [0.15, 0.2) is 24.3 Å². The lowest BCUT2D eigenvalue weighted by atomic mass is 9.74. The van der Waals surface area contributed by atoms with E-state index >= 15 is 0 Å². The summed E-state index contributed by atoms with van der Waals surface area (Å²) >= 11 is 0. The van der Waals surface area contributed by atoms with Crippen molar-refractivity contribution in [1.82, 2.24) is 5.32 Å². The number of hydrogen-bond donors (Lipinski definition) is 1. The van der Waals surface area contributed by atoms with Gasteiger partial charge >= 0.3 is 0 Å². The zero-order valence-electron chi connectivity index (χ0n) is 13.1. The molecule has 0 aromatic heterocycles. The molecule has 1 unspecified atom stereocenters. The number of amides is 1. The maximum absolute atomic E-state index is 12.9. The van der Waals surface area contributed by atoms with Gasteiger partial charge in [0, 0.05) is 18.2 Å². The van der Waals surface area contributed by atoms with E-state index in [0.717, 1.165) is 37.2 Å². The van der Waals surface area contributed by atoms with Crippen LogP contribution in [-0.2, 0) is 4.79 Å². The lowest BCUT2D eigenvalue weighted by Crippen LogP contribution is -2.48. The first-order chi connectivity index (χ1) is 9.44. The van der Waals surface area contributed by atoms with Gasteiger partial charge in [-0.25, -0.2) is 0 Å². The van der Waals surface area contributed by atoms with E-state index in [1.54, 1.807) is 0 Å². The molecule has 1 aromatic rings. The van der Waals surface area contributed by atoms with Crippen LogP contribution in [-0.4, -0.2) is 26.0 Å². The van der Waals surface area contributed by atoms with Crippen molar-refractivity contribution in [1.29, 1.82) is 0 Å². The first kappa shape index (κ1) is 15.0. The maximum atomic E-state index is 12.9. The molecule has 0 aliphatic carbocycles. The van der Waals surface area contributed by atoms with Crippen molar-refractivity contribution in [2.75, 3.05) is 25.0 Å². The molecular formula is C17H26N2O. The zero-order chi connectivity index (χ0) is 14.8. The molecule has 1 fully saturated rings. The Morgan fingerprint density at radius 1 is 1.35 bits per heavy atom. The number of benzene rings is 1. The van der Waals surface area contributed by atoms with Gasteiger partial charge in [0.15, 0.2) is 0 Å². The Morgan fingerprint density at radius 3 is 2.65 bits per heavy atom. The Balaban J connectivity index is 2.19. The fraction of sp³-hybridized carbons (Fsp3) is 0.588. The van der Waals surface area contributed by atoms with Crippen molar-refractivity contribution in [3.8, 4) is 0 Å². The molecule has 1 aliphatic heterocycles. The highest BCUT2D eigenvalue weighted by Crippen LogP contribution is 2.35. The van der Waals surface area contributed by atoms with Gasteiger partial charge in [-0.2, -0.15) is 0 Å². The Morgan fingerprint density at radius 2 is 2.05 bits per heavy atom. The molecule has 1 N–H and O–H groups in total. The van der Waals surface area contributed by atoms with Gasteiger partial charge in [-0.3, -0.25) is 4.79 Å². The third kappa shape index (κ3) is 2.88. The number of anilines is 1. The van der Waals surface area contributed by atoms with E-state index in [0.29, 0.717) is 5.92 Å². The first-order valence-electron chi connectivity index (χ1n) is 7.49. The molecule has 2 rings (SSSR count). The Kier molecular flexibility index (Phi) is 4.48. The summed E-state index contributed by atoms with van der Waals surface area (Å²) in [6, 6.07) is 8.06. The largest absolute Gasteiger partial charge is 0.316 e. The molecule has 1 heterocycles. The normalized spacial score (nSPS) is 19.7. The van der Waals surface area contributed by atoms with Crippen LogP contribution in [0.3, 0.4) is 0 Å². The van der Waals surface area contributed by atoms with Gasteiger partial charge in [0.1, 0.15) is 0 Å². The van der Waals surface area contributed by atoms with Crippen molar-refractivity contribution in [3.63, 3.8) is 0 Å². The van der Waals surface area contributed by atoms with E-state index in [1.165, 1.54) is 0 Å². The maximum Gasteiger partial charge on any atom is 0.232 e. The average molecular weight is 274 g/mol. The van der Waals surface area contributed by atoms with E-state index in [-0.39, 0.29) is 11.3 Å². The van der Waals surface area contributed by atoms with Crippen molar-refractivity contribution < 1.29 is 4.79 Å². The number of nitrogens with one attached hydrogen (secondary N) is 1. The Hall–Kier alpha value is -1.35. The second-order valence-corrected chi connectivity index (χ2v) is 6.42. The summed E-state index contributed by atoms with van der Waals surface area (Å²) in [7, 11) is 1.89. The van der Waals surface area contributed by atoms with Gasteiger partial charge in [-0.1, -0.05) is 32.0 Å². The van der Waals surface area contributed by atoms with Crippen molar-refractivity contribution in [2.24, 2.45) is 11.3 Å². The molecule has 110 valence electrons. The molecule has 0 bridgehead atoms. The summed E-state index contributed by atoms with van der Waals surface area (Å²) in [5.41, 5.74) is 1.82. The van der Waals surface area contributed by atoms with Gasteiger partial charge in [0.05, 0.1) is 0 Å². The van der Waals surface area contributed by atoms with E-state index in [9.17, 15) is 4.79 Å². The summed E-state index contributed by atoms with van der Waals surface area (Å²) < 4.78 is 0. The minimum absolute atomic E-state index is 0.209. The third-order valence-corrected chi connectivity index (χ3v) is 4.65. The molecule has 1 aromatic carbocycles. The molecule has 0 spiro atoms. The van der Waals surface area contributed by atoms with Gasteiger partial charge in [-0.05, 0) is 50.4 Å². The number of para-hydroxylation sites is 1. The molecule has 0 radical (unpaired) electrons. The van der Waals surface area contributed by atoms with Gasteiger partial charge in [0.2, 0.25) is 5.91 Å². The molecule has 1 amide bonds. The van der Waals surface area contributed by atoms with Crippen LogP contribution >= 0.6 is 0 Å². The molecular weight excluding hydrogens is 248 g/mol. The zero-order valence-corrected chi connectivity index (χ0v) is 13.1. The third-order valence-electron chi connectivity index (χ3n) is 4.65. The molecule has 0 saturated carbocycles. The monoisotopic (exact) mass is 274 g/mol. The number of hydrogen-bond acceptors (Lipinski definition) is 2. The first-order valence-corrected chi connectivity index (χ1v) is 7.49. The van der Waals surface area contributed by atoms with Crippen molar-refractivity contribution in [3.05, 3.63) is 29.8 Å². The van der Waals surface area contributed by atoms with Crippen LogP contribution in [0.1, 0.15) is 32.3 Å². The molecule has 1 aliphatic rings. The molecule has 1 saturated heterocycles. The smallest absolute Gasteiger partial charge is 0.232 e. The summed E-state index contributed by atoms with van der Waals surface area (Å²) in [6.45, 7) is 8.24. The molecule has 20 heavy (non-hydrogen) atoms. The van der Waals surface area contributed by atoms with Crippen LogP contribution in [0.4, 0.5) is 5.69 Å². The van der Waals surface area contributed by atoms with E-state index in [1.807, 2.05) is 43.1 Å². The summed E-state index contributed by atoms with van der Waals surface area (Å²) in [5.74, 6) is 0.621. The summed E-state index contributed by atoms with van der Waals surface area (Å²) in [5, 5.41) is 3.42. The van der Waals surface area contributed by atoms with E-state index in [4.69, 9.17) is 0 Å². The van der Waals surface area contributed by atoms with Crippen molar-refractivity contribution >= 4 is 11.6 Å². The van der Waals surface area contributed by atoms with Crippen LogP contribution in [0, 0.1) is 18.3 Å². The minimum Gasteiger partial charge on any atom is -0.316 e. The Bertz CT molecular complexity index is 476. The van der Waals surface area contributed by atoms with Crippen LogP contribution in [0.2, 0.25) is 0 Å². The Labute approximate surface area is 122 Å². The highest BCUT2D eigenvalue weighted by Gasteiger charge is 2.39. The number of carbonyl (C=O) groups is 1. The van der Waals surface area contributed by atoms with Crippen molar-refractivity contribution in [2.45, 2.75) is 33.6 Å². The second kappa shape index (κ2) is 5.96. The number of nitrogens with zero attached hydrogens (tertiary/aromatic N) is 1. The fourth-order valence-corrected chi connectivity index (χ4v) is 3.12. The topological polar surface area (TPSA) is 32.3 Å². The van der Waals surface area contributed by atoms with Crippen LogP contribution in [0.5, 0.6) is 0 Å². The minimum atomic E-state index is -0.329. The highest BCUT2D eigenvalue weighted by atomic mass is 16.2. The summed E-state index contributed by atoms with van der Waals surface area (Å²) in [6.07, 6.45) is 2.29. The standard InChI is InChI=1S/C17H26N2O/c1-13-8-5-6-10-15(13)19(4)16(20)17(2,3)14-9-7-11-18-12-14/h5-6,8,10,14,18H,7,9,11-12H2,1-4H3. The lowest BCUT2D eigenvalue weighted by molar-refractivity contribution is -0.129. The predicted octanol–water partition coefficient (Wildman–Crippen LogP) is 2.98. The summed E-state index contributed by atoms with van der Waals surface area (Å²) in [4.78, 5) is 14.7. The number of piperidine rings is 1. The lowest BCUT2D eigenvalue weighted by Gasteiger charge is -2.38. The van der Waals surface area contributed by atoms with Gasteiger partial charge < -0.3 is 10.2 Å².